The molecular weight excluding hydrogens is 219 g/mol. The molecule has 0 radical (unpaired) electrons. The quantitative estimate of drug-likeness (QED) is 0.791. The Morgan fingerprint density at radius 2 is 1.94 bits per heavy atom. The highest BCUT2D eigenvalue weighted by atomic mass is 19.1. The van der Waals surface area contributed by atoms with Crippen molar-refractivity contribution in [3.63, 3.8) is 0 Å². The van der Waals surface area contributed by atoms with Crippen molar-refractivity contribution in [3.8, 4) is 11.1 Å². The fourth-order valence-electron chi connectivity index (χ4n) is 1.69. The van der Waals surface area contributed by atoms with E-state index in [4.69, 9.17) is 0 Å². The first-order valence-corrected chi connectivity index (χ1v) is 5.16. The summed E-state index contributed by atoms with van der Waals surface area (Å²) in [5.74, 6) is -1.75. The monoisotopic (exact) mass is 229 g/mol. The number of hydrogen-bond acceptors (Lipinski definition) is 2. The summed E-state index contributed by atoms with van der Waals surface area (Å²) in [6, 6.07) is 10.9. The molecule has 0 saturated carbocycles. The Hall–Kier alpha value is -2.16. The molecular formula is C14H10FO2-. The van der Waals surface area contributed by atoms with Gasteiger partial charge in [-0.25, -0.2) is 4.39 Å². The molecule has 0 atom stereocenters. The molecule has 17 heavy (non-hydrogen) atoms. The lowest BCUT2D eigenvalue weighted by atomic mass is 10.0. The van der Waals surface area contributed by atoms with Crippen LogP contribution in [-0.4, -0.2) is 5.97 Å². The summed E-state index contributed by atoms with van der Waals surface area (Å²) in [5, 5.41) is 10.7. The molecule has 86 valence electrons. The Morgan fingerprint density at radius 3 is 2.59 bits per heavy atom. The van der Waals surface area contributed by atoms with Gasteiger partial charge in [-0.05, 0) is 30.2 Å². The van der Waals surface area contributed by atoms with Gasteiger partial charge in [-0.1, -0.05) is 35.9 Å². The third-order valence-electron chi connectivity index (χ3n) is 2.53. The number of carboxylic acid groups (broad SMARTS) is 1. The molecule has 0 amide bonds. The van der Waals surface area contributed by atoms with Gasteiger partial charge in [0.1, 0.15) is 5.82 Å². The van der Waals surface area contributed by atoms with Crippen LogP contribution in [0.15, 0.2) is 42.5 Å². The number of aryl methyl sites for hydroxylation is 1. The Labute approximate surface area is 98.3 Å². The van der Waals surface area contributed by atoms with Gasteiger partial charge in [-0.3, -0.25) is 0 Å². The molecule has 0 aromatic heterocycles. The van der Waals surface area contributed by atoms with E-state index in [-0.39, 0.29) is 11.1 Å². The number of carbonyl (C=O) groups is 1. The maximum Gasteiger partial charge on any atom is 0.131 e. The first-order chi connectivity index (χ1) is 8.08. The van der Waals surface area contributed by atoms with Crippen molar-refractivity contribution in [3.05, 3.63) is 59.4 Å². The van der Waals surface area contributed by atoms with Crippen molar-refractivity contribution in [1.29, 1.82) is 0 Å². The lowest BCUT2D eigenvalue weighted by molar-refractivity contribution is -0.255. The van der Waals surface area contributed by atoms with Crippen molar-refractivity contribution in [1.82, 2.24) is 0 Å². The first kappa shape index (κ1) is 11.3. The Kier molecular flexibility index (Phi) is 2.91. The van der Waals surface area contributed by atoms with Gasteiger partial charge in [-0.2, -0.15) is 0 Å². The predicted molar refractivity (Wildman–Crippen MR) is 60.9 cm³/mol. The van der Waals surface area contributed by atoms with Crippen molar-refractivity contribution >= 4 is 5.97 Å². The predicted octanol–water partition coefficient (Wildman–Crippen LogP) is 2.16. The maximum absolute atomic E-state index is 13.6. The second kappa shape index (κ2) is 4.37. The van der Waals surface area contributed by atoms with Crippen molar-refractivity contribution in [2.75, 3.05) is 0 Å². The van der Waals surface area contributed by atoms with Gasteiger partial charge in [0.15, 0.2) is 0 Å². The minimum Gasteiger partial charge on any atom is -0.545 e. The van der Waals surface area contributed by atoms with Crippen LogP contribution < -0.4 is 5.11 Å². The zero-order valence-corrected chi connectivity index (χ0v) is 9.24. The van der Waals surface area contributed by atoms with Crippen molar-refractivity contribution < 1.29 is 14.3 Å². The fraction of sp³-hybridized carbons (Fsp3) is 0.0714. The minimum atomic E-state index is -1.31. The molecule has 0 fully saturated rings. The number of hydrogen-bond donors (Lipinski definition) is 0. The SMILES string of the molecule is Cc1cccc(-c2cc(C(=O)[O-])ccc2F)c1. The molecule has 0 heterocycles. The van der Waals surface area contributed by atoms with Crippen LogP contribution in [0.1, 0.15) is 15.9 Å². The van der Waals surface area contributed by atoms with Gasteiger partial charge in [0.25, 0.3) is 0 Å². The van der Waals surface area contributed by atoms with E-state index in [2.05, 4.69) is 0 Å². The van der Waals surface area contributed by atoms with E-state index in [1.54, 1.807) is 18.2 Å². The third-order valence-corrected chi connectivity index (χ3v) is 2.53. The number of carbonyl (C=O) groups excluding carboxylic acids is 1. The van der Waals surface area contributed by atoms with Crippen LogP contribution >= 0.6 is 0 Å². The van der Waals surface area contributed by atoms with Crippen LogP contribution in [0.5, 0.6) is 0 Å². The molecule has 2 aromatic carbocycles. The highest BCUT2D eigenvalue weighted by molar-refractivity contribution is 5.87. The first-order valence-electron chi connectivity index (χ1n) is 5.16. The Morgan fingerprint density at radius 1 is 1.18 bits per heavy atom. The van der Waals surface area contributed by atoms with Crippen LogP contribution in [0.3, 0.4) is 0 Å². The summed E-state index contributed by atoms with van der Waals surface area (Å²) in [4.78, 5) is 10.7. The summed E-state index contributed by atoms with van der Waals surface area (Å²) in [6.45, 7) is 1.89. The van der Waals surface area contributed by atoms with E-state index in [1.165, 1.54) is 12.1 Å². The van der Waals surface area contributed by atoms with Crippen molar-refractivity contribution in [2.45, 2.75) is 6.92 Å². The average Bonchev–Trinajstić information content (AvgIpc) is 2.29. The second-order valence-electron chi connectivity index (χ2n) is 3.85. The lowest BCUT2D eigenvalue weighted by Gasteiger charge is -2.08. The van der Waals surface area contributed by atoms with Crippen LogP contribution in [-0.2, 0) is 0 Å². The number of halogens is 1. The molecule has 0 spiro atoms. The molecule has 0 aliphatic rings. The lowest BCUT2D eigenvalue weighted by Crippen LogP contribution is -2.22. The standard InChI is InChI=1S/C14H11FO2/c1-9-3-2-4-10(7-9)12-8-11(14(16)17)5-6-13(12)15/h2-8H,1H3,(H,16,17)/p-1. The highest BCUT2D eigenvalue weighted by Gasteiger charge is 2.06. The molecule has 0 aliphatic heterocycles. The summed E-state index contributed by atoms with van der Waals surface area (Å²) >= 11 is 0. The van der Waals surface area contributed by atoms with Crippen LogP contribution in [0.4, 0.5) is 4.39 Å². The number of benzene rings is 2. The largest absolute Gasteiger partial charge is 0.545 e. The smallest absolute Gasteiger partial charge is 0.131 e. The van der Waals surface area contributed by atoms with E-state index >= 15 is 0 Å². The van der Waals surface area contributed by atoms with Crippen LogP contribution in [0, 0.1) is 12.7 Å². The fourth-order valence-corrected chi connectivity index (χ4v) is 1.69. The topological polar surface area (TPSA) is 40.1 Å². The van der Waals surface area contributed by atoms with E-state index in [0.29, 0.717) is 5.56 Å². The van der Waals surface area contributed by atoms with Gasteiger partial charge >= 0.3 is 0 Å². The molecule has 0 aliphatic carbocycles. The Bertz CT molecular complexity index is 576. The zero-order valence-electron chi connectivity index (χ0n) is 9.24. The molecule has 2 rings (SSSR count). The third kappa shape index (κ3) is 2.33. The average molecular weight is 229 g/mol. The highest BCUT2D eigenvalue weighted by Crippen LogP contribution is 2.24. The molecule has 2 nitrogen and oxygen atoms in total. The number of aromatic carboxylic acids is 1. The van der Waals surface area contributed by atoms with Crippen LogP contribution in [0.25, 0.3) is 11.1 Å². The van der Waals surface area contributed by atoms with E-state index < -0.39 is 11.8 Å². The summed E-state index contributed by atoms with van der Waals surface area (Å²) in [5.41, 5.74) is 1.89. The number of rotatable bonds is 2. The molecule has 2 aromatic rings. The van der Waals surface area contributed by atoms with Crippen molar-refractivity contribution in [2.24, 2.45) is 0 Å². The zero-order chi connectivity index (χ0) is 12.4. The van der Waals surface area contributed by atoms with Gasteiger partial charge < -0.3 is 9.90 Å². The minimum absolute atomic E-state index is 0.0251. The van der Waals surface area contributed by atoms with Gasteiger partial charge in [0.2, 0.25) is 0 Å². The molecule has 3 heteroatoms. The number of carboxylic acids is 1. The van der Waals surface area contributed by atoms with E-state index in [9.17, 15) is 14.3 Å². The summed E-state index contributed by atoms with van der Waals surface area (Å²) < 4.78 is 13.6. The van der Waals surface area contributed by atoms with Crippen LogP contribution in [0.2, 0.25) is 0 Å². The molecule has 0 unspecified atom stereocenters. The van der Waals surface area contributed by atoms with E-state index in [1.807, 2.05) is 13.0 Å². The molecule has 0 saturated heterocycles. The van der Waals surface area contributed by atoms with Gasteiger partial charge in [0.05, 0.1) is 5.97 Å². The van der Waals surface area contributed by atoms with Gasteiger partial charge in [-0.15, -0.1) is 0 Å². The molecule has 0 N–H and O–H groups in total. The Balaban J connectivity index is 2.58. The van der Waals surface area contributed by atoms with Gasteiger partial charge in [0, 0.05) is 5.56 Å². The van der Waals surface area contributed by atoms with E-state index in [0.717, 1.165) is 11.6 Å². The summed E-state index contributed by atoms with van der Waals surface area (Å²) in [7, 11) is 0. The summed E-state index contributed by atoms with van der Waals surface area (Å²) in [6.07, 6.45) is 0. The molecule has 0 bridgehead atoms. The normalized spacial score (nSPS) is 10.2. The maximum atomic E-state index is 13.6. The second-order valence-corrected chi connectivity index (χ2v) is 3.85.